The Bertz CT molecular complexity index is 418. The van der Waals surface area contributed by atoms with Crippen molar-refractivity contribution in [2.24, 2.45) is 11.0 Å². The van der Waals surface area contributed by atoms with Gasteiger partial charge < -0.3 is 4.74 Å². The van der Waals surface area contributed by atoms with Crippen LogP contribution in [-0.4, -0.2) is 12.1 Å². The average Bonchev–Trinajstić information content (AvgIpc) is 2.25. The van der Waals surface area contributed by atoms with E-state index in [-0.39, 0.29) is 6.61 Å². The first-order valence-corrected chi connectivity index (χ1v) is 6.71. The van der Waals surface area contributed by atoms with Crippen molar-refractivity contribution in [1.29, 1.82) is 0 Å². The minimum absolute atomic E-state index is 0.118. The largest absolute Gasteiger partial charge is 0.459 e. The Labute approximate surface area is 99.4 Å². The molecule has 0 fully saturated rings. The standard InChI is InChI=1S/C10H15N2O4P/c1-8(16-17(11,12)14)10(13)15-7-9-5-3-2-4-6-9/h2-6,8H,7H2,1H3,(H4,11,12,14)/t8-/m0/s1. The Hall–Kier alpha value is -1.20. The number of ether oxygens (including phenoxy) is 1. The summed E-state index contributed by atoms with van der Waals surface area (Å²) in [6, 6.07) is 9.15. The molecule has 1 aromatic rings. The van der Waals surface area contributed by atoms with Crippen molar-refractivity contribution in [2.75, 3.05) is 0 Å². The summed E-state index contributed by atoms with van der Waals surface area (Å²) in [4.78, 5) is 11.4. The first-order chi connectivity index (χ1) is 7.88. The molecule has 0 spiro atoms. The van der Waals surface area contributed by atoms with E-state index >= 15 is 0 Å². The molecule has 0 saturated carbocycles. The molecule has 0 aliphatic heterocycles. The van der Waals surface area contributed by atoms with E-state index in [9.17, 15) is 9.36 Å². The van der Waals surface area contributed by atoms with E-state index in [2.05, 4.69) is 4.52 Å². The third-order valence-electron chi connectivity index (χ3n) is 1.88. The molecule has 0 amide bonds. The van der Waals surface area contributed by atoms with E-state index < -0.39 is 19.7 Å². The van der Waals surface area contributed by atoms with Gasteiger partial charge in [0, 0.05) is 0 Å². The smallest absolute Gasteiger partial charge is 0.336 e. The molecule has 6 nitrogen and oxygen atoms in total. The van der Waals surface area contributed by atoms with Gasteiger partial charge in [0.25, 0.3) is 0 Å². The molecular weight excluding hydrogens is 243 g/mol. The van der Waals surface area contributed by atoms with Gasteiger partial charge in [-0.05, 0) is 12.5 Å². The monoisotopic (exact) mass is 258 g/mol. The van der Waals surface area contributed by atoms with Crippen LogP contribution in [0.25, 0.3) is 0 Å². The first kappa shape index (κ1) is 13.9. The van der Waals surface area contributed by atoms with Gasteiger partial charge in [0.15, 0.2) is 6.10 Å². The van der Waals surface area contributed by atoms with Crippen molar-refractivity contribution in [3.8, 4) is 0 Å². The summed E-state index contributed by atoms with van der Waals surface area (Å²) >= 11 is 0. The van der Waals surface area contributed by atoms with E-state index in [1.54, 1.807) is 0 Å². The fourth-order valence-corrected chi connectivity index (χ4v) is 1.72. The van der Waals surface area contributed by atoms with Gasteiger partial charge in [-0.2, -0.15) is 0 Å². The molecule has 1 atom stereocenters. The molecule has 7 heteroatoms. The summed E-state index contributed by atoms with van der Waals surface area (Å²) < 4.78 is 20.5. The zero-order chi connectivity index (χ0) is 12.9. The van der Waals surface area contributed by atoms with Gasteiger partial charge in [0.05, 0.1) is 0 Å². The van der Waals surface area contributed by atoms with E-state index in [0.29, 0.717) is 0 Å². The lowest BCUT2D eigenvalue weighted by molar-refractivity contribution is -0.152. The summed E-state index contributed by atoms with van der Waals surface area (Å²) in [6.45, 7) is 1.49. The number of benzene rings is 1. The van der Waals surface area contributed by atoms with Gasteiger partial charge in [-0.1, -0.05) is 30.3 Å². The molecule has 0 aliphatic rings. The van der Waals surface area contributed by atoms with Crippen LogP contribution >= 0.6 is 7.67 Å². The SMILES string of the molecule is C[C@H](OP(N)(N)=O)C(=O)OCc1ccccc1. The summed E-state index contributed by atoms with van der Waals surface area (Å²) in [5, 5.41) is 0. The van der Waals surface area contributed by atoms with Crippen LogP contribution in [-0.2, 0) is 25.2 Å². The Balaban J connectivity index is 2.42. The van der Waals surface area contributed by atoms with Crippen molar-refractivity contribution in [2.45, 2.75) is 19.6 Å². The maximum atomic E-state index is 11.4. The second kappa shape index (κ2) is 5.93. The van der Waals surface area contributed by atoms with E-state index in [1.165, 1.54) is 6.92 Å². The van der Waals surface area contributed by atoms with Crippen LogP contribution in [0.5, 0.6) is 0 Å². The van der Waals surface area contributed by atoms with Gasteiger partial charge in [-0.3, -0.25) is 9.09 Å². The number of hydrogen-bond donors (Lipinski definition) is 2. The number of carbonyl (C=O) groups is 1. The van der Waals surface area contributed by atoms with Crippen LogP contribution in [0.3, 0.4) is 0 Å². The van der Waals surface area contributed by atoms with E-state index in [4.69, 9.17) is 15.7 Å². The number of rotatable bonds is 5. The maximum Gasteiger partial charge on any atom is 0.336 e. The van der Waals surface area contributed by atoms with Crippen LogP contribution < -0.4 is 11.0 Å². The van der Waals surface area contributed by atoms with Crippen LogP contribution in [0.4, 0.5) is 0 Å². The molecule has 0 radical (unpaired) electrons. The molecule has 94 valence electrons. The number of carbonyl (C=O) groups excluding carboxylic acids is 1. The lowest BCUT2D eigenvalue weighted by Crippen LogP contribution is -2.25. The van der Waals surface area contributed by atoms with Crippen molar-refractivity contribution < 1.29 is 18.6 Å². The maximum absolute atomic E-state index is 11.4. The highest BCUT2D eigenvalue weighted by atomic mass is 31.2. The lowest BCUT2D eigenvalue weighted by Gasteiger charge is -2.14. The molecule has 0 saturated heterocycles. The van der Waals surface area contributed by atoms with Gasteiger partial charge >= 0.3 is 13.6 Å². The van der Waals surface area contributed by atoms with Crippen molar-refractivity contribution in [1.82, 2.24) is 0 Å². The van der Waals surface area contributed by atoms with Crippen LogP contribution in [0, 0.1) is 0 Å². The third-order valence-corrected chi connectivity index (χ3v) is 2.52. The molecule has 0 unspecified atom stereocenters. The fraction of sp³-hybridized carbons (Fsp3) is 0.300. The van der Waals surface area contributed by atoms with E-state index in [1.807, 2.05) is 30.3 Å². The quantitative estimate of drug-likeness (QED) is 0.606. The molecule has 0 bridgehead atoms. The van der Waals surface area contributed by atoms with Gasteiger partial charge in [-0.25, -0.2) is 15.8 Å². The first-order valence-electron chi connectivity index (χ1n) is 4.94. The van der Waals surface area contributed by atoms with Crippen molar-refractivity contribution in [3.63, 3.8) is 0 Å². The van der Waals surface area contributed by atoms with Gasteiger partial charge in [-0.15, -0.1) is 0 Å². The third kappa shape index (κ3) is 5.60. The molecular formula is C10H15N2O4P. The molecule has 1 aromatic carbocycles. The van der Waals surface area contributed by atoms with Crippen molar-refractivity contribution >= 4 is 13.6 Å². The highest BCUT2D eigenvalue weighted by Crippen LogP contribution is 2.28. The van der Waals surface area contributed by atoms with Crippen molar-refractivity contribution in [3.05, 3.63) is 35.9 Å². The van der Waals surface area contributed by atoms with Gasteiger partial charge in [0.1, 0.15) is 6.61 Å². The second-order valence-electron chi connectivity index (χ2n) is 3.49. The molecule has 0 aromatic heterocycles. The summed E-state index contributed by atoms with van der Waals surface area (Å²) in [5.74, 6) is -0.662. The van der Waals surface area contributed by atoms with Crippen LogP contribution in [0.2, 0.25) is 0 Å². The topological polar surface area (TPSA) is 105 Å². The second-order valence-corrected chi connectivity index (χ2v) is 4.99. The molecule has 0 aliphatic carbocycles. The molecule has 4 N–H and O–H groups in total. The minimum atomic E-state index is -3.67. The Morgan fingerprint density at radius 1 is 1.35 bits per heavy atom. The zero-order valence-electron chi connectivity index (χ0n) is 9.41. The minimum Gasteiger partial charge on any atom is -0.459 e. The summed E-state index contributed by atoms with van der Waals surface area (Å²) in [7, 11) is -3.67. The highest BCUT2D eigenvalue weighted by Gasteiger charge is 2.22. The normalized spacial score (nSPS) is 13.1. The Morgan fingerprint density at radius 2 is 1.94 bits per heavy atom. The number of nitrogens with two attached hydrogens (primary N) is 2. The Morgan fingerprint density at radius 3 is 2.47 bits per heavy atom. The van der Waals surface area contributed by atoms with Gasteiger partial charge in [0.2, 0.25) is 0 Å². The summed E-state index contributed by atoms with van der Waals surface area (Å²) in [6.07, 6.45) is -1.06. The van der Waals surface area contributed by atoms with E-state index in [0.717, 1.165) is 5.56 Å². The predicted octanol–water partition coefficient (Wildman–Crippen LogP) is 1.16. The molecule has 1 rings (SSSR count). The fourth-order valence-electron chi connectivity index (χ4n) is 1.14. The zero-order valence-corrected chi connectivity index (χ0v) is 10.3. The lowest BCUT2D eigenvalue weighted by atomic mass is 10.2. The molecule has 0 heterocycles. The average molecular weight is 258 g/mol. The van der Waals surface area contributed by atoms with Crippen LogP contribution in [0.15, 0.2) is 30.3 Å². The Kier molecular flexibility index (Phi) is 4.84. The highest BCUT2D eigenvalue weighted by molar-refractivity contribution is 7.53. The predicted molar refractivity (Wildman–Crippen MR) is 62.8 cm³/mol. The van der Waals surface area contributed by atoms with Crippen LogP contribution in [0.1, 0.15) is 12.5 Å². The molecule has 17 heavy (non-hydrogen) atoms. The summed E-state index contributed by atoms with van der Waals surface area (Å²) in [5.41, 5.74) is 10.8. The number of hydrogen-bond acceptors (Lipinski definition) is 4. The number of esters is 1.